The number of benzene rings is 2. The second kappa shape index (κ2) is 6.89. The van der Waals surface area contributed by atoms with Crippen molar-refractivity contribution in [2.75, 3.05) is 13.1 Å². The zero-order chi connectivity index (χ0) is 17.2. The predicted molar refractivity (Wildman–Crippen MR) is 97.2 cm³/mol. The summed E-state index contributed by atoms with van der Waals surface area (Å²) in [7, 11) is 0. The van der Waals surface area contributed by atoms with Gasteiger partial charge in [0, 0.05) is 25.0 Å². The predicted octanol–water partition coefficient (Wildman–Crippen LogP) is 2.93. The fourth-order valence-corrected chi connectivity index (χ4v) is 3.61. The lowest BCUT2D eigenvalue weighted by Crippen LogP contribution is -2.33. The van der Waals surface area contributed by atoms with Gasteiger partial charge in [-0.2, -0.15) is 0 Å². The van der Waals surface area contributed by atoms with E-state index in [1.165, 1.54) is 5.56 Å². The Morgan fingerprint density at radius 2 is 1.88 bits per heavy atom. The van der Waals surface area contributed by atoms with Crippen LogP contribution in [0.25, 0.3) is 0 Å². The Hall–Kier alpha value is -2.33. The molecule has 1 saturated heterocycles. The number of hydrogen-bond donors (Lipinski definition) is 1. The van der Waals surface area contributed by atoms with Crippen LogP contribution in [0.3, 0.4) is 0 Å². The molecule has 0 aromatic heterocycles. The van der Waals surface area contributed by atoms with E-state index in [-0.39, 0.29) is 17.9 Å². The summed E-state index contributed by atoms with van der Waals surface area (Å²) in [6, 6.07) is 18.5. The molecule has 4 nitrogen and oxygen atoms in total. The molecule has 25 heavy (non-hydrogen) atoms. The normalized spacial score (nSPS) is 25.0. The van der Waals surface area contributed by atoms with E-state index in [2.05, 4.69) is 24.3 Å². The van der Waals surface area contributed by atoms with Gasteiger partial charge in [-0.15, -0.1) is 0 Å². The third-order valence-corrected chi connectivity index (χ3v) is 5.20. The van der Waals surface area contributed by atoms with Gasteiger partial charge in [-0.05, 0) is 42.0 Å². The maximum atomic E-state index is 12.5. The van der Waals surface area contributed by atoms with E-state index in [9.17, 15) is 4.79 Å². The molecule has 2 aromatic carbocycles. The Bertz CT molecular complexity index is 729. The quantitative estimate of drug-likeness (QED) is 0.913. The third kappa shape index (κ3) is 3.69. The minimum Gasteiger partial charge on any atom is -0.489 e. The lowest BCUT2D eigenvalue weighted by molar-refractivity contribution is -0.131. The molecule has 0 radical (unpaired) electrons. The molecule has 1 amide bonds. The largest absolute Gasteiger partial charge is 0.489 e. The maximum absolute atomic E-state index is 12.5. The molecule has 1 aliphatic carbocycles. The number of amides is 1. The molecule has 4 rings (SSSR count). The van der Waals surface area contributed by atoms with Crippen molar-refractivity contribution in [3.8, 4) is 5.75 Å². The number of nitrogens with two attached hydrogens (primary N) is 1. The van der Waals surface area contributed by atoms with E-state index in [0.717, 1.165) is 30.7 Å². The molecular weight excluding hydrogens is 312 g/mol. The highest BCUT2D eigenvalue weighted by Gasteiger charge is 2.46. The summed E-state index contributed by atoms with van der Waals surface area (Å²) >= 11 is 0. The van der Waals surface area contributed by atoms with E-state index >= 15 is 0 Å². The average molecular weight is 336 g/mol. The number of hydrogen-bond acceptors (Lipinski definition) is 3. The van der Waals surface area contributed by atoms with Crippen molar-refractivity contribution in [2.45, 2.75) is 31.4 Å². The highest BCUT2D eigenvalue weighted by molar-refractivity contribution is 5.83. The molecule has 2 aliphatic rings. The van der Waals surface area contributed by atoms with Crippen molar-refractivity contribution in [3.63, 3.8) is 0 Å². The van der Waals surface area contributed by atoms with E-state index in [4.69, 9.17) is 10.5 Å². The molecule has 2 aromatic rings. The summed E-state index contributed by atoms with van der Waals surface area (Å²) in [4.78, 5) is 14.4. The van der Waals surface area contributed by atoms with Crippen molar-refractivity contribution in [2.24, 2.45) is 11.7 Å². The van der Waals surface area contributed by atoms with Gasteiger partial charge >= 0.3 is 0 Å². The van der Waals surface area contributed by atoms with Crippen LogP contribution in [0.15, 0.2) is 54.6 Å². The fourth-order valence-electron chi connectivity index (χ4n) is 3.61. The lowest BCUT2D eigenvalue weighted by Gasteiger charge is -2.15. The van der Waals surface area contributed by atoms with Crippen molar-refractivity contribution in [1.82, 2.24) is 4.90 Å². The standard InChI is InChI=1S/C21H24N2O2/c22-17-10-11-23(13-17)21(24)20-12-19(20)16-6-8-18(9-7-16)25-14-15-4-2-1-3-5-15/h1-9,17,19-20H,10-14,22H2/t17-,19?,20?/m1/s1. The van der Waals surface area contributed by atoms with E-state index in [1.807, 2.05) is 35.2 Å². The third-order valence-electron chi connectivity index (χ3n) is 5.20. The smallest absolute Gasteiger partial charge is 0.226 e. The Labute approximate surface area is 148 Å². The van der Waals surface area contributed by atoms with Crippen LogP contribution in [0.1, 0.15) is 29.9 Å². The van der Waals surface area contributed by atoms with Crippen LogP contribution >= 0.6 is 0 Å². The molecule has 2 N–H and O–H groups in total. The van der Waals surface area contributed by atoms with Crippen LogP contribution in [0, 0.1) is 5.92 Å². The van der Waals surface area contributed by atoms with Gasteiger partial charge in [-0.1, -0.05) is 42.5 Å². The van der Waals surface area contributed by atoms with Crippen LogP contribution < -0.4 is 10.5 Å². The van der Waals surface area contributed by atoms with Crippen molar-refractivity contribution >= 4 is 5.91 Å². The van der Waals surface area contributed by atoms with Crippen LogP contribution in [-0.2, 0) is 11.4 Å². The van der Waals surface area contributed by atoms with Crippen molar-refractivity contribution in [3.05, 3.63) is 65.7 Å². The topological polar surface area (TPSA) is 55.6 Å². The Balaban J connectivity index is 1.31. The van der Waals surface area contributed by atoms with E-state index in [0.29, 0.717) is 19.1 Å². The Morgan fingerprint density at radius 1 is 1.12 bits per heavy atom. The lowest BCUT2D eigenvalue weighted by atomic mass is 10.1. The highest BCUT2D eigenvalue weighted by Crippen LogP contribution is 2.49. The van der Waals surface area contributed by atoms with Gasteiger partial charge in [0.2, 0.25) is 5.91 Å². The molecule has 1 aliphatic heterocycles. The Kier molecular flexibility index (Phi) is 4.45. The molecule has 0 spiro atoms. The number of carbonyl (C=O) groups excluding carboxylic acids is 1. The fraction of sp³-hybridized carbons (Fsp3) is 0.381. The zero-order valence-corrected chi connectivity index (χ0v) is 14.3. The van der Waals surface area contributed by atoms with Gasteiger partial charge in [0.1, 0.15) is 12.4 Å². The summed E-state index contributed by atoms with van der Waals surface area (Å²) in [5, 5.41) is 0. The first kappa shape index (κ1) is 16.2. The first-order valence-electron chi connectivity index (χ1n) is 9.02. The molecule has 3 atom stereocenters. The highest BCUT2D eigenvalue weighted by atomic mass is 16.5. The summed E-state index contributed by atoms with van der Waals surface area (Å²) in [5.41, 5.74) is 8.29. The van der Waals surface area contributed by atoms with Gasteiger partial charge < -0.3 is 15.4 Å². The molecule has 1 saturated carbocycles. The maximum Gasteiger partial charge on any atom is 0.226 e. The minimum absolute atomic E-state index is 0.140. The molecule has 2 unspecified atom stereocenters. The van der Waals surface area contributed by atoms with E-state index < -0.39 is 0 Å². The monoisotopic (exact) mass is 336 g/mol. The van der Waals surface area contributed by atoms with Gasteiger partial charge in [0.15, 0.2) is 0 Å². The summed E-state index contributed by atoms with van der Waals surface area (Å²) < 4.78 is 5.83. The first-order chi connectivity index (χ1) is 12.2. The summed E-state index contributed by atoms with van der Waals surface area (Å²) in [6.45, 7) is 2.10. The summed E-state index contributed by atoms with van der Waals surface area (Å²) in [5.74, 6) is 1.64. The van der Waals surface area contributed by atoms with Gasteiger partial charge in [-0.25, -0.2) is 0 Å². The molecule has 0 bridgehead atoms. The molecular formula is C21H24N2O2. The SMILES string of the molecule is N[C@@H]1CCN(C(=O)C2CC2c2ccc(OCc3ccccc3)cc2)C1. The second-order valence-corrected chi connectivity index (χ2v) is 7.13. The first-order valence-corrected chi connectivity index (χ1v) is 9.02. The van der Waals surface area contributed by atoms with E-state index in [1.54, 1.807) is 0 Å². The molecule has 4 heteroatoms. The average Bonchev–Trinajstić information content (AvgIpc) is 3.34. The van der Waals surface area contributed by atoms with Crippen LogP contribution in [0.2, 0.25) is 0 Å². The van der Waals surface area contributed by atoms with Crippen molar-refractivity contribution in [1.29, 1.82) is 0 Å². The van der Waals surface area contributed by atoms with Crippen molar-refractivity contribution < 1.29 is 9.53 Å². The number of likely N-dealkylation sites (tertiary alicyclic amines) is 1. The van der Waals surface area contributed by atoms with Gasteiger partial charge in [0.05, 0.1) is 0 Å². The van der Waals surface area contributed by atoms with Crippen LogP contribution in [-0.4, -0.2) is 29.9 Å². The zero-order valence-electron chi connectivity index (χ0n) is 14.3. The second-order valence-electron chi connectivity index (χ2n) is 7.13. The number of carbonyl (C=O) groups is 1. The van der Waals surface area contributed by atoms with Gasteiger partial charge in [0.25, 0.3) is 0 Å². The molecule has 2 fully saturated rings. The number of nitrogens with zero attached hydrogens (tertiary/aromatic N) is 1. The molecule has 1 heterocycles. The van der Waals surface area contributed by atoms with Crippen LogP contribution in [0.4, 0.5) is 0 Å². The summed E-state index contributed by atoms with van der Waals surface area (Å²) in [6.07, 6.45) is 1.88. The molecule has 130 valence electrons. The number of ether oxygens (including phenoxy) is 1. The minimum atomic E-state index is 0.140. The van der Waals surface area contributed by atoms with Crippen LogP contribution in [0.5, 0.6) is 5.75 Å². The number of rotatable bonds is 5. The van der Waals surface area contributed by atoms with Gasteiger partial charge in [-0.3, -0.25) is 4.79 Å². The Morgan fingerprint density at radius 3 is 2.56 bits per heavy atom.